The number of amides is 1. The van der Waals surface area contributed by atoms with Crippen LogP contribution in [0.2, 0.25) is 0 Å². The van der Waals surface area contributed by atoms with Crippen LogP contribution in [0.5, 0.6) is 0 Å². The van der Waals surface area contributed by atoms with Crippen molar-refractivity contribution in [2.24, 2.45) is 5.92 Å². The third kappa shape index (κ3) is 3.43. The Hall–Kier alpha value is -1.16. The first-order chi connectivity index (χ1) is 10.6. The largest absolute Gasteiger partial charge is 0.342 e. The number of rotatable bonds is 3. The molecule has 120 valence electrons. The lowest BCUT2D eigenvalue weighted by Crippen LogP contribution is -2.42. The fourth-order valence-electron chi connectivity index (χ4n) is 3.41. The highest BCUT2D eigenvalue weighted by Crippen LogP contribution is 2.32. The van der Waals surface area contributed by atoms with Crippen LogP contribution in [0, 0.1) is 5.92 Å². The number of nitrogens with zero attached hydrogens (tertiary/aromatic N) is 2. The van der Waals surface area contributed by atoms with E-state index in [1.807, 2.05) is 0 Å². The molecule has 3 nitrogen and oxygen atoms in total. The van der Waals surface area contributed by atoms with Crippen molar-refractivity contribution < 1.29 is 4.79 Å². The summed E-state index contributed by atoms with van der Waals surface area (Å²) < 4.78 is 0. The Balaban J connectivity index is 1.65. The SMILES string of the molecule is CC(C)c1csc([C@H]2CCCN(C(=O)[C@@H]3CC=CCC3)C2)n1. The second-order valence-electron chi connectivity index (χ2n) is 6.87. The van der Waals surface area contributed by atoms with Crippen LogP contribution in [0.1, 0.15) is 68.5 Å². The number of hydrogen-bond donors (Lipinski definition) is 0. The topological polar surface area (TPSA) is 33.2 Å². The van der Waals surface area contributed by atoms with Gasteiger partial charge in [0.05, 0.1) is 10.7 Å². The molecule has 0 radical (unpaired) electrons. The van der Waals surface area contributed by atoms with Crippen LogP contribution in [0.15, 0.2) is 17.5 Å². The molecule has 0 aromatic carbocycles. The van der Waals surface area contributed by atoms with E-state index in [0.717, 1.165) is 38.8 Å². The first-order valence-electron chi connectivity index (χ1n) is 8.54. The molecule has 0 saturated carbocycles. The summed E-state index contributed by atoms with van der Waals surface area (Å²) in [4.78, 5) is 19.6. The number of hydrogen-bond acceptors (Lipinski definition) is 3. The average molecular weight is 318 g/mol. The minimum absolute atomic E-state index is 0.214. The number of carbonyl (C=O) groups is 1. The molecule has 4 heteroatoms. The maximum atomic E-state index is 12.7. The second kappa shape index (κ2) is 6.95. The Labute approximate surface area is 137 Å². The molecule has 1 fully saturated rings. The molecule has 0 unspecified atom stereocenters. The molecule has 1 aromatic heterocycles. The van der Waals surface area contributed by atoms with Gasteiger partial charge in [0.2, 0.25) is 5.91 Å². The van der Waals surface area contributed by atoms with Crippen LogP contribution in [0.3, 0.4) is 0 Å². The van der Waals surface area contributed by atoms with E-state index in [0.29, 0.717) is 17.7 Å². The van der Waals surface area contributed by atoms with Gasteiger partial charge in [-0.1, -0.05) is 26.0 Å². The van der Waals surface area contributed by atoms with Crippen molar-refractivity contribution in [1.29, 1.82) is 0 Å². The van der Waals surface area contributed by atoms with E-state index in [-0.39, 0.29) is 5.92 Å². The van der Waals surface area contributed by atoms with E-state index in [1.165, 1.54) is 17.1 Å². The predicted octanol–water partition coefficient (Wildman–Crippen LogP) is 4.33. The maximum absolute atomic E-state index is 12.7. The van der Waals surface area contributed by atoms with Gasteiger partial charge in [-0.2, -0.15) is 0 Å². The van der Waals surface area contributed by atoms with Crippen LogP contribution in [0.4, 0.5) is 0 Å². The number of aromatic nitrogens is 1. The van der Waals surface area contributed by atoms with Crippen LogP contribution < -0.4 is 0 Å². The molecule has 1 amide bonds. The van der Waals surface area contributed by atoms with Gasteiger partial charge in [0, 0.05) is 30.3 Å². The zero-order valence-corrected chi connectivity index (χ0v) is 14.4. The molecule has 22 heavy (non-hydrogen) atoms. The van der Waals surface area contributed by atoms with Crippen LogP contribution in [0.25, 0.3) is 0 Å². The Kier molecular flexibility index (Phi) is 4.97. The Morgan fingerprint density at radius 3 is 2.91 bits per heavy atom. The molecular formula is C18H26N2OS. The number of allylic oxidation sites excluding steroid dienone is 2. The van der Waals surface area contributed by atoms with Gasteiger partial charge < -0.3 is 4.90 Å². The standard InChI is InChI=1S/C18H26N2OS/c1-13(2)16-12-22-17(19-16)15-9-6-10-20(11-15)18(21)14-7-4-3-5-8-14/h3-4,12-15H,5-11H2,1-2H3/t14-,15+/m1/s1. The van der Waals surface area contributed by atoms with Gasteiger partial charge >= 0.3 is 0 Å². The quantitative estimate of drug-likeness (QED) is 0.777. The molecule has 1 saturated heterocycles. The molecule has 0 bridgehead atoms. The minimum Gasteiger partial charge on any atom is -0.342 e. The van der Waals surface area contributed by atoms with E-state index in [9.17, 15) is 4.79 Å². The molecule has 0 spiro atoms. The molecule has 2 atom stereocenters. The van der Waals surface area contributed by atoms with Crippen molar-refractivity contribution >= 4 is 17.2 Å². The van der Waals surface area contributed by atoms with Crippen molar-refractivity contribution in [3.05, 3.63) is 28.2 Å². The van der Waals surface area contributed by atoms with Gasteiger partial charge in [0.15, 0.2) is 0 Å². The molecule has 2 aliphatic rings. The summed E-state index contributed by atoms with van der Waals surface area (Å²) in [6, 6.07) is 0. The summed E-state index contributed by atoms with van der Waals surface area (Å²) in [6.45, 7) is 6.17. The van der Waals surface area contributed by atoms with E-state index in [2.05, 4.69) is 36.3 Å². The molecule has 0 N–H and O–H groups in total. The molecule has 1 aliphatic carbocycles. The van der Waals surface area contributed by atoms with Crippen LogP contribution in [-0.2, 0) is 4.79 Å². The lowest BCUT2D eigenvalue weighted by atomic mass is 9.91. The van der Waals surface area contributed by atoms with Crippen molar-refractivity contribution in [2.75, 3.05) is 13.1 Å². The lowest BCUT2D eigenvalue weighted by Gasteiger charge is -2.34. The fourth-order valence-corrected chi connectivity index (χ4v) is 4.52. The van der Waals surface area contributed by atoms with Gasteiger partial charge in [-0.3, -0.25) is 4.79 Å². The van der Waals surface area contributed by atoms with Gasteiger partial charge in [0.1, 0.15) is 0 Å². The number of thiazole rings is 1. The van der Waals surface area contributed by atoms with Crippen LogP contribution >= 0.6 is 11.3 Å². The summed E-state index contributed by atoms with van der Waals surface area (Å²) >= 11 is 1.77. The Morgan fingerprint density at radius 2 is 2.23 bits per heavy atom. The van der Waals surface area contributed by atoms with Crippen molar-refractivity contribution in [1.82, 2.24) is 9.88 Å². The number of piperidine rings is 1. The van der Waals surface area contributed by atoms with Gasteiger partial charge in [-0.05, 0) is 38.0 Å². The van der Waals surface area contributed by atoms with Gasteiger partial charge in [0.25, 0.3) is 0 Å². The summed E-state index contributed by atoms with van der Waals surface area (Å²) in [5, 5.41) is 3.41. The van der Waals surface area contributed by atoms with E-state index >= 15 is 0 Å². The zero-order chi connectivity index (χ0) is 15.5. The Morgan fingerprint density at radius 1 is 1.36 bits per heavy atom. The summed E-state index contributed by atoms with van der Waals surface area (Å²) in [6.07, 6.45) is 9.64. The van der Waals surface area contributed by atoms with E-state index < -0.39 is 0 Å². The Bertz CT molecular complexity index is 549. The summed E-state index contributed by atoms with van der Waals surface area (Å²) in [7, 11) is 0. The van der Waals surface area contributed by atoms with Gasteiger partial charge in [-0.25, -0.2) is 4.98 Å². The predicted molar refractivity (Wildman–Crippen MR) is 91.2 cm³/mol. The molecule has 1 aliphatic heterocycles. The monoisotopic (exact) mass is 318 g/mol. The molecule has 3 rings (SSSR count). The first kappa shape index (κ1) is 15.7. The zero-order valence-electron chi connectivity index (χ0n) is 13.6. The molecular weight excluding hydrogens is 292 g/mol. The van der Waals surface area contributed by atoms with E-state index in [1.54, 1.807) is 11.3 Å². The average Bonchev–Trinajstić information content (AvgIpc) is 3.05. The lowest BCUT2D eigenvalue weighted by molar-refractivity contribution is -0.137. The maximum Gasteiger partial charge on any atom is 0.226 e. The number of likely N-dealkylation sites (tertiary alicyclic amines) is 1. The highest BCUT2D eigenvalue weighted by atomic mass is 32.1. The summed E-state index contributed by atoms with van der Waals surface area (Å²) in [5.41, 5.74) is 1.20. The normalized spacial score (nSPS) is 25.7. The fraction of sp³-hybridized carbons (Fsp3) is 0.667. The number of carbonyl (C=O) groups excluding carboxylic acids is 1. The third-order valence-electron chi connectivity index (χ3n) is 4.83. The van der Waals surface area contributed by atoms with Gasteiger partial charge in [-0.15, -0.1) is 11.3 Å². The summed E-state index contributed by atoms with van der Waals surface area (Å²) in [5.74, 6) is 1.51. The van der Waals surface area contributed by atoms with E-state index in [4.69, 9.17) is 4.98 Å². The van der Waals surface area contributed by atoms with Crippen LogP contribution in [-0.4, -0.2) is 28.9 Å². The smallest absolute Gasteiger partial charge is 0.226 e. The van der Waals surface area contributed by atoms with Crippen molar-refractivity contribution in [2.45, 2.75) is 57.8 Å². The molecule has 1 aromatic rings. The minimum atomic E-state index is 0.214. The molecule has 2 heterocycles. The van der Waals surface area contributed by atoms with Crippen molar-refractivity contribution in [3.8, 4) is 0 Å². The second-order valence-corrected chi connectivity index (χ2v) is 7.76. The van der Waals surface area contributed by atoms with Crippen molar-refractivity contribution in [3.63, 3.8) is 0 Å². The highest BCUT2D eigenvalue weighted by molar-refractivity contribution is 7.09. The third-order valence-corrected chi connectivity index (χ3v) is 5.86. The first-order valence-corrected chi connectivity index (χ1v) is 9.42. The highest BCUT2D eigenvalue weighted by Gasteiger charge is 2.30.